The van der Waals surface area contributed by atoms with Gasteiger partial charge in [0.15, 0.2) is 0 Å². The van der Waals surface area contributed by atoms with Crippen molar-refractivity contribution in [1.29, 1.82) is 0 Å². The molecule has 0 aliphatic carbocycles. The second-order valence-corrected chi connectivity index (χ2v) is 7.14. The maximum absolute atomic E-state index is 12.3. The van der Waals surface area contributed by atoms with E-state index in [2.05, 4.69) is 29.4 Å². The average Bonchev–Trinajstić information content (AvgIpc) is 3.05. The van der Waals surface area contributed by atoms with Crippen molar-refractivity contribution in [3.05, 3.63) is 77.9 Å². The molecule has 4 rings (SSSR count). The second kappa shape index (κ2) is 6.61. The third-order valence-electron chi connectivity index (χ3n) is 4.14. The highest BCUT2D eigenvalue weighted by atomic mass is 32.1. The lowest BCUT2D eigenvalue weighted by Gasteiger charge is -2.07. The van der Waals surface area contributed by atoms with Gasteiger partial charge in [-0.25, -0.2) is 4.98 Å². The topological polar surface area (TPSA) is 68.0 Å². The fourth-order valence-electron chi connectivity index (χ4n) is 2.75. The van der Waals surface area contributed by atoms with Crippen molar-refractivity contribution < 1.29 is 4.79 Å². The normalized spacial score (nSPS) is 10.8. The molecule has 5 heteroatoms. The lowest BCUT2D eigenvalue weighted by molar-refractivity contribution is 0.102. The minimum atomic E-state index is -0.216. The number of amides is 1. The Morgan fingerprint density at radius 2 is 1.81 bits per heavy atom. The zero-order valence-corrected chi connectivity index (χ0v) is 15.0. The molecule has 0 aliphatic rings. The van der Waals surface area contributed by atoms with Gasteiger partial charge in [0.2, 0.25) is 0 Å². The van der Waals surface area contributed by atoms with Crippen LogP contribution in [0.3, 0.4) is 0 Å². The first-order valence-corrected chi connectivity index (χ1v) is 9.05. The highest BCUT2D eigenvalue weighted by Gasteiger charge is 2.10. The fraction of sp³-hybridized carbons (Fsp3) is 0.0476. The van der Waals surface area contributed by atoms with Crippen LogP contribution in [-0.4, -0.2) is 10.9 Å². The van der Waals surface area contributed by atoms with E-state index in [9.17, 15) is 4.79 Å². The number of benzene rings is 3. The van der Waals surface area contributed by atoms with Crippen LogP contribution in [0.2, 0.25) is 0 Å². The van der Waals surface area contributed by atoms with Gasteiger partial charge in [-0.05, 0) is 61.0 Å². The van der Waals surface area contributed by atoms with Gasteiger partial charge in [-0.15, -0.1) is 11.3 Å². The number of rotatable bonds is 3. The number of nitrogens with one attached hydrogen (secondary N) is 1. The number of carbonyl (C=O) groups is 1. The van der Waals surface area contributed by atoms with E-state index >= 15 is 0 Å². The second-order valence-electron chi connectivity index (χ2n) is 6.11. The lowest BCUT2D eigenvalue weighted by atomic mass is 10.1. The molecule has 0 saturated carbocycles. The number of para-hydroxylation sites is 1. The lowest BCUT2D eigenvalue weighted by Crippen LogP contribution is -2.13. The maximum Gasteiger partial charge on any atom is 0.257 e. The van der Waals surface area contributed by atoms with Gasteiger partial charge in [0.05, 0.1) is 15.8 Å². The van der Waals surface area contributed by atoms with Gasteiger partial charge in [-0.1, -0.05) is 18.2 Å². The minimum Gasteiger partial charge on any atom is -0.398 e. The van der Waals surface area contributed by atoms with Crippen molar-refractivity contribution in [3.63, 3.8) is 0 Å². The van der Waals surface area contributed by atoms with Crippen LogP contribution >= 0.6 is 11.3 Å². The Morgan fingerprint density at radius 1 is 1.04 bits per heavy atom. The van der Waals surface area contributed by atoms with E-state index in [4.69, 9.17) is 5.73 Å². The molecule has 0 unspecified atom stereocenters. The van der Waals surface area contributed by atoms with Crippen molar-refractivity contribution in [1.82, 2.24) is 4.98 Å². The van der Waals surface area contributed by atoms with Gasteiger partial charge >= 0.3 is 0 Å². The van der Waals surface area contributed by atoms with Gasteiger partial charge in [-0.2, -0.15) is 0 Å². The van der Waals surface area contributed by atoms with Crippen molar-refractivity contribution in [2.75, 3.05) is 11.1 Å². The molecule has 1 heterocycles. The third kappa shape index (κ3) is 3.17. The molecule has 4 nitrogen and oxygen atoms in total. The summed E-state index contributed by atoms with van der Waals surface area (Å²) in [7, 11) is 0. The predicted molar refractivity (Wildman–Crippen MR) is 109 cm³/mol. The molecule has 0 saturated heterocycles. The van der Waals surface area contributed by atoms with Crippen LogP contribution in [0.15, 0.2) is 66.7 Å². The molecule has 3 aromatic carbocycles. The monoisotopic (exact) mass is 359 g/mol. The van der Waals surface area contributed by atoms with Crippen LogP contribution in [0, 0.1) is 6.92 Å². The Morgan fingerprint density at radius 3 is 2.58 bits per heavy atom. The predicted octanol–water partition coefficient (Wildman–Crippen LogP) is 5.11. The number of hydrogen-bond acceptors (Lipinski definition) is 4. The quantitative estimate of drug-likeness (QED) is 0.500. The largest absolute Gasteiger partial charge is 0.398 e. The highest BCUT2D eigenvalue weighted by molar-refractivity contribution is 7.21. The summed E-state index contributed by atoms with van der Waals surface area (Å²) in [6, 6.07) is 21.0. The molecule has 0 bridgehead atoms. The number of nitrogens with two attached hydrogens (primary N) is 1. The van der Waals surface area contributed by atoms with E-state index in [-0.39, 0.29) is 5.91 Å². The molecule has 0 atom stereocenters. The highest BCUT2D eigenvalue weighted by Crippen LogP contribution is 2.31. The van der Waals surface area contributed by atoms with Crippen molar-refractivity contribution in [3.8, 4) is 10.6 Å². The Kier molecular flexibility index (Phi) is 4.14. The molecule has 1 amide bonds. The molecular formula is C21H17N3OS. The number of carbonyl (C=O) groups excluding carboxylic acids is 1. The van der Waals surface area contributed by atoms with Crippen LogP contribution in [-0.2, 0) is 0 Å². The number of fused-ring (bicyclic) bond motifs is 1. The summed E-state index contributed by atoms with van der Waals surface area (Å²) in [6.07, 6.45) is 0. The van der Waals surface area contributed by atoms with Crippen molar-refractivity contribution in [2.45, 2.75) is 6.92 Å². The van der Waals surface area contributed by atoms with Crippen LogP contribution in [0.5, 0.6) is 0 Å². The molecule has 0 spiro atoms. The van der Waals surface area contributed by atoms with Gasteiger partial charge < -0.3 is 11.1 Å². The summed E-state index contributed by atoms with van der Waals surface area (Å²) in [4.78, 5) is 17.0. The number of hydrogen-bond donors (Lipinski definition) is 2. The van der Waals surface area contributed by atoms with E-state index in [0.29, 0.717) is 11.3 Å². The Labute approximate surface area is 155 Å². The summed E-state index contributed by atoms with van der Waals surface area (Å²) in [5.41, 5.74) is 10.8. The molecule has 0 fully saturated rings. The van der Waals surface area contributed by atoms with Crippen LogP contribution in [0.25, 0.3) is 20.8 Å². The van der Waals surface area contributed by atoms with Crippen LogP contribution in [0.1, 0.15) is 15.9 Å². The number of nitrogens with zero attached hydrogens (tertiary/aromatic N) is 1. The number of aromatic nitrogens is 1. The molecule has 4 aromatic rings. The summed E-state index contributed by atoms with van der Waals surface area (Å²) >= 11 is 1.67. The SMILES string of the molecule is Cc1ccc2nc(-c3ccc(NC(=O)c4ccccc4N)cc3)sc2c1. The van der Waals surface area contributed by atoms with E-state index in [1.54, 1.807) is 35.6 Å². The van der Waals surface area contributed by atoms with E-state index in [1.807, 2.05) is 30.3 Å². The summed E-state index contributed by atoms with van der Waals surface area (Å²) in [5, 5.41) is 3.84. The maximum atomic E-state index is 12.3. The molecule has 128 valence electrons. The van der Waals surface area contributed by atoms with Crippen LogP contribution in [0.4, 0.5) is 11.4 Å². The molecule has 3 N–H and O–H groups in total. The van der Waals surface area contributed by atoms with E-state index in [1.165, 1.54) is 10.3 Å². The number of anilines is 2. The number of thiazole rings is 1. The molecular weight excluding hydrogens is 342 g/mol. The summed E-state index contributed by atoms with van der Waals surface area (Å²) in [6.45, 7) is 2.08. The first-order chi connectivity index (χ1) is 12.6. The Bertz CT molecular complexity index is 1100. The number of aryl methyl sites for hydroxylation is 1. The summed E-state index contributed by atoms with van der Waals surface area (Å²) in [5.74, 6) is -0.216. The summed E-state index contributed by atoms with van der Waals surface area (Å²) < 4.78 is 1.18. The fourth-order valence-corrected chi connectivity index (χ4v) is 3.82. The minimum absolute atomic E-state index is 0.216. The number of nitrogen functional groups attached to an aromatic ring is 1. The molecule has 26 heavy (non-hydrogen) atoms. The Hall–Kier alpha value is -3.18. The first kappa shape index (κ1) is 16.3. The van der Waals surface area contributed by atoms with Gasteiger partial charge in [-0.3, -0.25) is 4.79 Å². The molecule has 1 aromatic heterocycles. The van der Waals surface area contributed by atoms with Gasteiger partial charge in [0.25, 0.3) is 5.91 Å². The average molecular weight is 359 g/mol. The molecule has 0 aliphatic heterocycles. The zero-order chi connectivity index (χ0) is 18.1. The van der Waals surface area contributed by atoms with Crippen LogP contribution < -0.4 is 11.1 Å². The smallest absolute Gasteiger partial charge is 0.257 e. The van der Waals surface area contributed by atoms with Crippen molar-refractivity contribution in [2.24, 2.45) is 0 Å². The van der Waals surface area contributed by atoms with E-state index < -0.39 is 0 Å². The Balaban J connectivity index is 1.56. The zero-order valence-electron chi connectivity index (χ0n) is 14.2. The van der Waals surface area contributed by atoms with Gasteiger partial charge in [0.1, 0.15) is 5.01 Å². The first-order valence-electron chi connectivity index (χ1n) is 8.24. The third-order valence-corrected chi connectivity index (χ3v) is 5.21. The van der Waals surface area contributed by atoms with Gasteiger partial charge in [0, 0.05) is 16.9 Å². The standard InChI is InChI=1S/C21H17N3OS/c1-13-6-11-18-19(12-13)26-21(24-18)14-7-9-15(10-8-14)23-20(25)16-4-2-3-5-17(16)22/h2-12H,22H2,1H3,(H,23,25). The molecule has 0 radical (unpaired) electrons. The van der Waals surface area contributed by atoms with E-state index in [0.717, 1.165) is 21.8 Å². The van der Waals surface area contributed by atoms with Crippen molar-refractivity contribution >= 4 is 38.8 Å².